The molecule has 0 saturated carbocycles. The molecule has 3 rings (SSSR count). The second-order valence-electron chi connectivity index (χ2n) is 6.30. The maximum absolute atomic E-state index is 13.5. The zero-order valence-electron chi connectivity index (χ0n) is 14.6. The first kappa shape index (κ1) is 17.0. The van der Waals surface area contributed by atoms with E-state index in [1.54, 1.807) is 0 Å². The Labute approximate surface area is 147 Å². The van der Waals surface area contributed by atoms with Gasteiger partial charge in [0.15, 0.2) is 0 Å². The van der Waals surface area contributed by atoms with Crippen LogP contribution in [-0.4, -0.2) is 19.3 Å². The second-order valence-corrected chi connectivity index (χ2v) is 6.30. The van der Waals surface area contributed by atoms with Crippen LogP contribution in [0.3, 0.4) is 0 Å². The second kappa shape index (κ2) is 6.98. The molecule has 2 heterocycles. The molecule has 0 N–H and O–H groups in total. The molecule has 3 nitrogen and oxygen atoms in total. The van der Waals surface area contributed by atoms with Crippen molar-refractivity contribution in [3.05, 3.63) is 63.9 Å². The Kier molecular flexibility index (Phi) is 4.76. The minimum atomic E-state index is -0.823. The molecule has 1 aliphatic rings. The summed E-state index contributed by atoms with van der Waals surface area (Å²) < 4.78 is 19.3. The first-order valence-electron chi connectivity index (χ1n) is 8.39. The van der Waals surface area contributed by atoms with Crippen LogP contribution in [0, 0.1) is 18.3 Å². The summed E-state index contributed by atoms with van der Waals surface area (Å²) >= 11 is 0. The summed E-state index contributed by atoms with van der Waals surface area (Å²) in [5.41, 5.74) is 3.80. The van der Waals surface area contributed by atoms with Crippen molar-refractivity contribution in [3.63, 3.8) is 0 Å². The molecule has 1 aromatic heterocycles. The molecule has 1 aromatic carbocycles. The molecule has 1 fully saturated rings. The van der Waals surface area contributed by atoms with Gasteiger partial charge in [-0.15, -0.1) is 0 Å². The highest BCUT2D eigenvalue weighted by atomic mass is 19.1. The molecule has 0 aliphatic carbocycles. The number of benzene rings is 1. The summed E-state index contributed by atoms with van der Waals surface area (Å²) in [4.78, 5) is 1.94. The Balaban J connectivity index is 2.14. The van der Waals surface area contributed by atoms with Crippen LogP contribution in [0.1, 0.15) is 30.2 Å². The molecule has 0 amide bonds. The van der Waals surface area contributed by atoms with Crippen molar-refractivity contribution in [1.29, 1.82) is 5.26 Å². The van der Waals surface area contributed by atoms with Crippen LogP contribution in [0.4, 0.5) is 10.1 Å². The van der Waals surface area contributed by atoms with Gasteiger partial charge in [-0.3, -0.25) is 0 Å². The number of nitriles is 1. The Bertz CT molecular complexity index is 965. The van der Waals surface area contributed by atoms with E-state index < -0.39 is 6.17 Å². The molecule has 0 radical (unpaired) electrons. The summed E-state index contributed by atoms with van der Waals surface area (Å²) in [6.45, 7) is 8.84. The van der Waals surface area contributed by atoms with Crippen LogP contribution < -0.4 is 15.5 Å². The first-order valence-corrected chi connectivity index (χ1v) is 8.39. The maximum atomic E-state index is 13.5. The maximum Gasteiger partial charge on any atom is 0.141 e. The van der Waals surface area contributed by atoms with Gasteiger partial charge in [-0.1, -0.05) is 24.8 Å². The van der Waals surface area contributed by atoms with Gasteiger partial charge < -0.3 is 9.32 Å². The highest BCUT2D eigenvalue weighted by Crippen LogP contribution is 2.28. The number of rotatable bonds is 3. The van der Waals surface area contributed by atoms with Crippen LogP contribution in [-0.2, 0) is 0 Å². The normalized spacial score (nSPS) is 18.6. The SMILES string of the molecule is C=c1cc(C)o/c1=C(/C=C\C)c1ccc(N2CC[C@H](F)C2)c(C#N)c1. The number of furan rings is 1. The van der Waals surface area contributed by atoms with E-state index in [1.165, 1.54) is 0 Å². The van der Waals surface area contributed by atoms with Crippen LogP contribution in [0.15, 0.2) is 40.8 Å². The van der Waals surface area contributed by atoms with Crippen molar-refractivity contribution in [3.8, 4) is 6.07 Å². The number of aryl methyl sites for hydroxylation is 1. The Morgan fingerprint density at radius 1 is 1.44 bits per heavy atom. The number of hydrogen-bond donors (Lipinski definition) is 0. The molecule has 0 bridgehead atoms. The van der Waals surface area contributed by atoms with Crippen LogP contribution >= 0.6 is 0 Å². The van der Waals surface area contributed by atoms with Gasteiger partial charge in [0.25, 0.3) is 0 Å². The highest BCUT2D eigenvalue weighted by molar-refractivity contribution is 5.76. The van der Waals surface area contributed by atoms with Crippen LogP contribution in [0.25, 0.3) is 12.2 Å². The Morgan fingerprint density at radius 2 is 2.24 bits per heavy atom. The molecule has 1 saturated heterocycles. The van der Waals surface area contributed by atoms with E-state index in [2.05, 4.69) is 12.6 Å². The highest BCUT2D eigenvalue weighted by Gasteiger charge is 2.24. The number of hydrogen-bond acceptors (Lipinski definition) is 3. The molecule has 1 aliphatic heterocycles. The summed E-state index contributed by atoms with van der Waals surface area (Å²) in [6, 6.07) is 9.83. The third-order valence-corrected chi connectivity index (χ3v) is 4.41. The molecule has 0 unspecified atom stereocenters. The molecule has 128 valence electrons. The van der Waals surface area contributed by atoms with Crippen molar-refractivity contribution in [1.82, 2.24) is 0 Å². The minimum absolute atomic E-state index is 0.347. The molecule has 1 atom stereocenters. The largest absolute Gasteiger partial charge is 0.461 e. The zero-order valence-corrected chi connectivity index (χ0v) is 14.6. The molecular formula is C21H21FN2O. The molecule has 0 spiro atoms. The van der Waals surface area contributed by atoms with Crippen molar-refractivity contribution in [2.75, 3.05) is 18.0 Å². The third kappa shape index (κ3) is 3.36. The smallest absolute Gasteiger partial charge is 0.141 e. The fourth-order valence-corrected chi connectivity index (χ4v) is 3.27. The number of nitrogens with zero attached hydrogens (tertiary/aromatic N) is 2. The predicted octanol–water partition coefficient (Wildman–Crippen LogP) is 3.19. The van der Waals surface area contributed by atoms with E-state index in [0.717, 1.165) is 27.8 Å². The lowest BCUT2D eigenvalue weighted by molar-refractivity contribution is 0.364. The Morgan fingerprint density at radius 3 is 2.80 bits per heavy atom. The van der Waals surface area contributed by atoms with E-state index in [4.69, 9.17) is 4.42 Å². The quantitative estimate of drug-likeness (QED) is 0.864. The minimum Gasteiger partial charge on any atom is -0.461 e. The van der Waals surface area contributed by atoms with E-state index in [1.807, 2.05) is 55.2 Å². The van der Waals surface area contributed by atoms with Gasteiger partial charge in [-0.2, -0.15) is 5.26 Å². The lowest BCUT2D eigenvalue weighted by atomic mass is 10.0. The van der Waals surface area contributed by atoms with Crippen molar-refractivity contribution in [2.45, 2.75) is 26.4 Å². The summed E-state index contributed by atoms with van der Waals surface area (Å²) in [7, 11) is 0. The topological polar surface area (TPSA) is 40.2 Å². The first-order chi connectivity index (χ1) is 12.0. The third-order valence-electron chi connectivity index (χ3n) is 4.41. The van der Waals surface area contributed by atoms with E-state index >= 15 is 0 Å². The monoisotopic (exact) mass is 336 g/mol. The number of allylic oxidation sites excluding steroid dienone is 2. The fraction of sp³-hybridized carbons (Fsp3) is 0.286. The molecule has 4 heteroatoms. The van der Waals surface area contributed by atoms with Gasteiger partial charge in [0, 0.05) is 23.9 Å². The molecular weight excluding hydrogens is 315 g/mol. The van der Waals surface area contributed by atoms with Gasteiger partial charge in [-0.05, 0) is 44.0 Å². The predicted molar refractivity (Wildman–Crippen MR) is 98.4 cm³/mol. The van der Waals surface area contributed by atoms with Crippen molar-refractivity contribution >= 4 is 17.8 Å². The molecule has 25 heavy (non-hydrogen) atoms. The van der Waals surface area contributed by atoms with Gasteiger partial charge in [-0.25, -0.2) is 4.39 Å². The van der Waals surface area contributed by atoms with E-state index in [0.29, 0.717) is 30.5 Å². The summed E-state index contributed by atoms with van der Waals surface area (Å²) in [6.07, 6.45) is 3.58. The van der Waals surface area contributed by atoms with Crippen LogP contribution in [0.2, 0.25) is 0 Å². The van der Waals surface area contributed by atoms with Gasteiger partial charge in [0.1, 0.15) is 23.4 Å². The number of anilines is 1. The number of halogens is 1. The van der Waals surface area contributed by atoms with Gasteiger partial charge >= 0.3 is 0 Å². The van der Waals surface area contributed by atoms with Gasteiger partial charge in [0.05, 0.1) is 11.3 Å². The zero-order chi connectivity index (χ0) is 18.0. The van der Waals surface area contributed by atoms with E-state index in [9.17, 15) is 9.65 Å². The summed E-state index contributed by atoms with van der Waals surface area (Å²) in [5, 5.41) is 10.4. The van der Waals surface area contributed by atoms with Gasteiger partial charge in [0.2, 0.25) is 0 Å². The fourth-order valence-electron chi connectivity index (χ4n) is 3.27. The standard InChI is InChI=1S/C21H21FN2O/c1-4-5-19(21-14(2)10-15(3)25-21)16-6-7-20(17(11-16)12-23)24-9-8-18(22)13-24/h4-7,10-11,18H,2,8-9,13H2,1,3H3/b5-4-,21-19-/t18-/m0/s1. The number of alkyl halides is 1. The summed E-state index contributed by atoms with van der Waals surface area (Å²) in [5.74, 6) is 0.796. The lowest BCUT2D eigenvalue weighted by Crippen LogP contribution is -2.22. The Hall–Kier alpha value is -2.80. The van der Waals surface area contributed by atoms with E-state index in [-0.39, 0.29) is 0 Å². The average Bonchev–Trinajstić information content (AvgIpc) is 3.17. The van der Waals surface area contributed by atoms with Crippen molar-refractivity contribution < 1.29 is 8.81 Å². The van der Waals surface area contributed by atoms with Crippen molar-refractivity contribution in [2.24, 2.45) is 0 Å². The molecule has 2 aromatic rings. The lowest BCUT2D eigenvalue weighted by Gasteiger charge is -2.19. The average molecular weight is 336 g/mol. The van der Waals surface area contributed by atoms with Crippen LogP contribution in [0.5, 0.6) is 0 Å².